The van der Waals surface area contributed by atoms with Crippen LogP contribution < -0.4 is 13.5 Å². The number of rotatable bonds is 10. The Bertz CT molecular complexity index is 757. The molecule has 0 heterocycles. The van der Waals surface area contributed by atoms with Gasteiger partial charge in [0.2, 0.25) is 0 Å². The quantitative estimate of drug-likeness (QED) is 0.547. The van der Waals surface area contributed by atoms with Crippen molar-refractivity contribution >= 4 is 13.5 Å². The van der Waals surface area contributed by atoms with E-state index in [9.17, 15) is 17.9 Å². The van der Waals surface area contributed by atoms with Crippen molar-refractivity contribution in [3.8, 4) is 0 Å². The molecule has 6 heteroatoms. The Morgan fingerprint density at radius 3 is 2.00 bits per heavy atom. The van der Waals surface area contributed by atoms with Crippen molar-refractivity contribution < 1.29 is 45.1 Å². The van der Waals surface area contributed by atoms with Gasteiger partial charge < -0.3 is 0 Å². The maximum atomic E-state index is 12.8. The van der Waals surface area contributed by atoms with Crippen molar-refractivity contribution in [2.75, 3.05) is 0 Å². The van der Waals surface area contributed by atoms with Crippen molar-refractivity contribution in [3.05, 3.63) is 53.6 Å². The second-order valence-electron chi connectivity index (χ2n) is 5.82. The maximum absolute atomic E-state index is 12.8. The third-order valence-electron chi connectivity index (χ3n) is 3.96. The van der Waals surface area contributed by atoms with Gasteiger partial charge in [0.25, 0.3) is 0 Å². The summed E-state index contributed by atoms with van der Waals surface area (Å²) in [6.45, 7) is 1.79. The Kier molecular flexibility index (Phi) is 8.97. The van der Waals surface area contributed by atoms with Gasteiger partial charge in [0.1, 0.15) is 0 Å². The molecular weight excluding hydrogens is 422 g/mol. The molecule has 0 aromatic heterocycles. The number of aliphatic hydroxyl groups is 2. The molecule has 2 aromatic carbocycles. The van der Waals surface area contributed by atoms with Crippen molar-refractivity contribution in [3.63, 3.8) is 0 Å². The molecule has 148 valence electrons. The Morgan fingerprint density at radius 1 is 0.769 bits per heavy atom. The van der Waals surface area contributed by atoms with Gasteiger partial charge in [-0.25, -0.2) is 0 Å². The van der Waals surface area contributed by atoms with E-state index in [0.717, 1.165) is 23.8 Å². The van der Waals surface area contributed by atoms with Crippen LogP contribution in [0.15, 0.2) is 42.5 Å². The Labute approximate surface area is 163 Å². The van der Waals surface area contributed by atoms with E-state index >= 15 is 0 Å². The molecule has 0 amide bonds. The van der Waals surface area contributed by atoms with Crippen LogP contribution in [0.25, 0.3) is 0 Å². The number of aliphatic hydroxyl groups excluding tert-OH is 2. The van der Waals surface area contributed by atoms with Gasteiger partial charge in [-0.2, -0.15) is 0 Å². The summed E-state index contributed by atoms with van der Waals surface area (Å²) in [7, 11) is 0. The van der Waals surface area contributed by atoms with Gasteiger partial charge in [0.15, 0.2) is 0 Å². The molecular formula is C20H26Co2O4. The first-order valence-electron chi connectivity index (χ1n) is 8.61. The van der Waals surface area contributed by atoms with Crippen LogP contribution in [0, 0.1) is 0 Å². The molecule has 2 aromatic rings. The molecule has 0 radical (unpaired) electrons. The predicted molar refractivity (Wildman–Crippen MR) is 94.0 cm³/mol. The molecule has 0 saturated carbocycles. The summed E-state index contributed by atoms with van der Waals surface area (Å²) in [4.78, 5) is 0. The van der Waals surface area contributed by atoms with Crippen molar-refractivity contribution in [2.45, 2.75) is 51.2 Å². The molecule has 2 rings (SSSR count). The van der Waals surface area contributed by atoms with Crippen molar-refractivity contribution in [2.24, 2.45) is 0 Å². The summed E-state index contributed by atoms with van der Waals surface area (Å²) in [6, 6.07) is 12.2. The topological polar surface area (TPSA) is 74.6 Å². The molecule has 0 fully saturated rings. The van der Waals surface area contributed by atoms with Crippen molar-refractivity contribution in [1.29, 1.82) is 0 Å². The fourth-order valence-electron chi connectivity index (χ4n) is 2.44. The van der Waals surface area contributed by atoms with E-state index in [1.807, 2.05) is 0 Å². The number of hydrogen-bond acceptors (Lipinski definition) is 4. The van der Waals surface area contributed by atoms with E-state index in [2.05, 4.69) is 6.92 Å². The Hall–Kier alpha value is -1.03. The van der Waals surface area contributed by atoms with Crippen LogP contribution in [-0.2, 0) is 48.1 Å². The average Bonchev–Trinajstić information content (AvgIpc) is 2.70. The van der Waals surface area contributed by atoms with E-state index < -0.39 is 27.2 Å². The minimum atomic E-state index is -1.77. The SMILES string of the molecule is CCCCC[CH2][Co](=[O])[c]1cc[c]([Co](=[O])[c]2ccc(CO)c(CO)c2)cc1. The van der Waals surface area contributed by atoms with Crippen LogP contribution in [-0.4, -0.2) is 10.2 Å². The predicted octanol–water partition coefficient (Wildman–Crippen LogP) is 2.17. The van der Waals surface area contributed by atoms with E-state index in [0.29, 0.717) is 25.5 Å². The Morgan fingerprint density at radius 2 is 1.38 bits per heavy atom. The van der Waals surface area contributed by atoms with Gasteiger partial charge in [-0.05, 0) is 0 Å². The second-order valence-corrected chi connectivity index (χ2v) is 9.71. The molecule has 0 aliphatic heterocycles. The van der Waals surface area contributed by atoms with Gasteiger partial charge in [0.05, 0.1) is 0 Å². The van der Waals surface area contributed by atoms with Crippen LogP contribution in [0.1, 0.15) is 43.7 Å². The Balaban J connectivity index is 2.08. The summed E-state index contributed by atoms with van der Waals surface area (Å²) >= 11 is -3.14. The number of hydrogen-bond donors (Lipinski definition) is 2. The molecule has 0 spiro atoms. The average molecular weight is 448 g/mol. The van der Waals surface area contributed by atoms with E-state index in [1.165, 1.54) is 6.42 Å². The van der Waals surface area contributed by atoms with Crippen LogP contribution >= 0.6 is 0 Å². The molecule has 0 atom stereocenters. The third kappa shape index (κ3) is 5.74. The zero-order valence-corrected chi connectivity index (χ0v) is 17.0. The first-order valence-corrected chi connectivity index (χ1v) is 11.8. The summed E-state index contributed by atoms with van der Waals surface area (Å²) in [5, 5.41) is 19.3. The van der Waals surface area contributed by atoms with E-state index in [1.54, 1.807) is 42.5 Å². The fraction of sp³-hybridized carbons (Fsp3) is 0.400. The van der Waals surface area contributed by atoms with Gasteiger partial charge in [-0.3, -0.25) is 0 Å². The molecule has 0 aliphatic rings. The zero-order chi connectivity index (χ0) is 18.9. The molecule has 0 aliphatic carbocycles. The van der Waals surface area contributed by atoms with E-state index in [4.69, 9.17) is 0 Å². The summed E-state index contributed by atoms with van der Waals surface area (Å²) in [5.74, 6) is 0. The zero-order valence-electron chi connectivity index (χ0n) is 14.9. The first-order chi connectivity index (χ1) is 12.6. The standard InChI is InChI=1S/C8H9O2.C6H4.C6H13.2Co.2O/c9-5-7-3-1-2-4-8(7)6-10;1-2-4-6-5-3-1;1-3-5-6-4-2;;;;/h1,3-4,9-10H,5-6H2;1-2,5-6H;1,3-6H2,2H3;;;;. The normalized spacial score (nSPS) is 12.1. The summed E-state index contributed by atoms with van der Waals surface area (Å²) in [6.07, 6.45) is 4.42. The van der Waals surface area contributed by atoms with Crippen LogP contribution in [0.3, 0.4) is 0 Å². The van der Waals surface area contributed by atoms with E-state index in [-0.39, 0.29) is 13.2 Å². The van der Waals surface area contributed by atoms with Gasteiger partial charge in [0, 0.05) is 0 Å². The molecule has 4 nitrogen and oxygen atoms in total. The molecule has 26 heavy (non-hydrogen) atoms. The van der Waals surface area contributed by atoms with Gasteiger partial charge >= 0.3 is 163 Å². The molecule has 0 bridgehead atoms. The van der Waals surface area contributed by atoms with Gasteiger partial charge in [-0.15, -0.1) is 0 Å². The fourth-order valence-corrected chi connectivity index (χ4v) is 5.30. The monoisotopic (exact) mass is 448 g/mol. The summed E-state index contributed by atoms with van der Waals surface area (Å²) < 4.78 is 27.2. The minimum absolute atomic E-state index is 0.160. The molecule has 2 N–H and O–H groups in total. The van der Waals surface area contributed by atoms with Crippen LogP contribution in [0.5, 0.6) is 0 Å². The molecule has 0 unspecified atom stereocenters. The number of unbranched alkanes of at least 4 members (excludes halogenated alkanes) is 3. The van der Waals surface area contributed by atoms with Gasteiger partial charge in [-0.1, -0.05) is 0 Å². The first kappa shape index (κ1) is 21.3. The van der Waals surface area contributed by atoms with Crippen LogP contribution in [0.2, 0.25) is 5.36 Å². The van der Waals surface area contributed by atoms with Crippen molar-refractivity contribution in [1.82, 2.24) is 0 Å². The summed E-state index contributed by atoms with van der Waals surface area (Å²) in [5.41, 5.74) is 1.22. The third-order valence-corrected chi connectivity index (χ3v) is 7.58. The molecule has 0 saturated heterocycles. The second kappa shape index (κ2) is 11.0. The number of benzene rings is 2. The van der Waals surface area contributed by atoms with Crippen LogP contribution in [0.4, 0.5) is 0 Å².